The van der Waals surface area contributed by atoms with E-state index in [-0.39, 0.29) is 17.8 Å². The molecule has 1 aliphatic carbocycles. The monoisotopic (exact) mass is 525 g/mol. The Morgan fingerprint density at radius 2 is 1.95 bits per heavy atom. The fourth-order valence-electron chi connectivity index (χ4n) is 5.85. The third-order valence-corrected chi connectivity index (χ3v) is 7.93. The summed E-state index contributed by atoms with van der Waals surface area (Å²) in [5, 5.41) is 8.75. The first-order valence-electron chi connectivity index (χ1n) is 13.8. The number of aryl methyl sites for hydroxylation is 1. The lowest BCUT2D eigenvalue weighted by molar-refractivity contribution is -0.121. The topological polar surface area (TPSA) is 72.3 Å². The summed E-state index contributed by atoms with van der Waals surface area (Å²) in [7, 11) is 1.90. The molecule has 0 spiro atoms. The molecule has 7 nitrogen and oxygen atoms in total. The van der Waals surface area contributed by atoms with Crippen LogP contribution < -0.4 is 10.1 Å². The Labute approximate surface area is 222 Å². The normalized spacial score (nSPS) is 20.3. The summed E-state index contributed by atoms with van der Waals surface area (Å²) in [6.45, 7) is 2.35. The number of pyridine rings is 1. The van der Waals surface area contributed by atoms with Crippen LogP contribution in [0.1, 0.15) is 48.9 Å². The molecule has 0 unspecified atom stereocenters. The summed E-state index contributed by atoms with van der Waals surface area (Å²) in [4.78, 5) is 19.7. The van der Waals surface area contributed by atoms with Crippen LogP contribution in [0.15, 0.2) is 36.5 Å². The first-order valence-corrected chi connectivity index (χ1v) is 13.8. The van der Waals surface area contributed by atoms with Gasteiger partial charge in [-0.15, -0.1) is 0 Å². The number of carbonyl (C=O) groups excluding carboxylic acids is 1. The SMILES string of the molecule is Cn1cc2c(CC(=O)NC3CCC(CCN4CCc5ccc(OCC(F)F)nc5CC4)CC3)cccc2n1. The minimum atomic E-state index is -2.50. The maximum Gasteiger partial charge on any atom is 0.272 e. The molecule has 0 radical (unpaired) electrons. The number of benzene rings is 1. The van der Waals surface area contributed by atoms with Crippen molar-refractivity contribution in [1.29, 1.82) is 0 Å². The second kappa shape index (κ2) is 12.2. The van der Waals surface area contributed by atoms with Crippen molar-refractivity contribution in [2.24, 2.45) is 13.0 Å². The standard InChI is InChI=1S/C29H37F2N5O2/c1-35-18-24-22(3-2-4-26(24)34-35)17-28(37)32-23-8-5-20(6-9-23)11-14-36-15-12-21-7-10-29(38-19-27(30)31)33-25(21)13-16-36/h2-4,7,10,18,20,23,27H,5-6,8-9,11-17,19H2,1H3,(H,32,37). The van der Waals surface area contributed by atoms with Gasteiger partial charge in [-0.1, -0.05) is 18.2 Å². The van der Waals surface area contributed by atoms with Crippen molar-refractivity contribution < 1.29 is 18.3 Å². The lowest BCUT2D eigenvalue weighted by Crippen LogP contribution is -2.39. The highest BCUT2D eigenvalue weighted by atomic mass is 19.3. The van der Waals surface area contributed by atoms with E-state index in [2.05, 4.69) is 20.3 Å². The zero-order valence-electron chi connectivity index (χ0n) is 22.0. The molecule has 3 aromatic rings. The van der Waals surface area contributed by atoms with Gasteiger partial charge in [-0.3, -0.25) is 9.48 Å². The second-order valence-electron chi connectivity index (χ2n) is 10.7. The van der Waals surface area contributed by atoms with Crippen molar-refractivity contribution in [3.8, 4) is 5.88 Å². The van der Waals surface area contributed by atoms with Crippen LogP contribution in [0.5, 0.6) is 5.88 Å². The molecule has 2 aromatic heterocycles. The van der Waals surface area contributed by atoms with Crippen LogP contribution in [0, 0.1) is 5.92 Å². The number of halogens is 2. The van der Waals surface area contributed by atoms with E-state index in [4.69, 9.17) is 4.74 Å². The number of fused-ring (bicyclic) bond motifs is 2. The van der Waals surface area contributed by atoms with Gasteiger partial charge in [0.05, 0.1) is 11.9 Å². The highest BCUT2D eigenvalue weighted by molar-refractivity contribution is 5.88. The molecule has 1 N–H and O–H groups in total. The van der Waals surface area contributed by atoms with Gasteiger partial charge in [-0.05, 0) is 68.2 Å². The van der Waals surface area contributed by atoms with Crippen LogP contribution in [0.4, 0.5) is 8.78 Å². The molecule has 9 heteroatoms. The molecular formula is C29H37F2N5O2. The van der Waals surface area contributed by atoms with E-state index in [9.17, 15) is 13.6 Å². The van der Waals surface area contributed by atoms with E-state index < -0.39 is 13.0 Å². The predicted molar refractivity (Wildman–Crippen MR) is 143 cm³/mol. The Morgan fingerprint density at radius 3 is 2.76 bits per heavy atom. The average Bonchev–Trinajstić information content (AvgIpc) is 3.17. The number of hydrogen-bond donors (Lipinski definition) is 1. The Balaban J connectivity index is 1.03. The molecule has 2 aliphatic rings. The van der Waals surface area contributed by atoms with E-state index in [1.165, 1.54) is 5.56 Å². The van der Waals surface area contributed by atoms with Gasteiger partial charge in [0.2, 0.25) is 11.8 Å². The summed E-state index contributed by atoms with van der Waals surface area (Å²) in [6, 6.07) is 9.88. The Hall–Kier alpha value is -3.07. The Kier molecular flexibility index (Phi) is 8.51. The van der Waals surface area contributed by atoms with Crippen molar-refractivity contribution in [2.45, 2.75) is 63.8 Å². The summed E-state index contributed by atoms with van der Waals surface area (Å²) < 4.78 is 31.8. The molecular weight excluding hydrogens is 488 g/mol. The molecule has 5 rings (SSSR count). The zero-order chi connectivity index (χ0) is 26.5. The minimum absolute atomic E-state index is 0.0882. The van der Waals surface area contributed by atoms with Crippen LogP contribution in [-0.4, -0.2) is 64.3 Å². The highest BCUT2D eigenvalue weighted by Crippen LogP contribution is 2.28. The third kappa shape index (κ3) is 6.87. The number of aromatic nitrogens is 3. The van der Waals surface area contributed by atoms with Gasteiger partial charge in [-0.2, -0.15) is 5.10 Å². The molecule has 0 bridgehead atoms. The largest absolute Gasteiger partial charge is 0.472 e. The predicted octanol–water partition coefficient (Wildman–Crippen LogP) is 4.32. The molecule has 0 saturated heterocycles. The molecule has 204 valence electrons. The zero-order valence-corrected chi connectivity index (χ0v) is 22.0. The van der Waals surface area contributed by atoms with Gasteiger partial charge in [-0.25, -0.2) is 13.8 Å². The molecule has 1 aromatic carbocycles. The molecule has 0 atom stereocenters. The maximum absolute atomic E-state index is 12.8. The van der Waals surface area contributed by atoms with E-state index in [1.54, 1.807) is 10.7 Å². The summed E-state index contributed by atoms with van der Waals surface area (Å²) in [5.74, 6) is 1.06. The molecule has 1 fully saturated rings. The number of rotatable bonds is 9. The van der Waals surface area contributed by atoms with Crippen molar-refractivity contribution in [2.75, 3.05) is 26.2 Å². The van der Waals surface area contributed by atoms with Crippen LogP contribution in [-0.2, 0) is 31.1 Å². The molecule has 1 saturated carbocycles. The van der Waals surface area contributed by atoms with Crippen molar-refractivity contribution >= 4 is 16.8 Å². The summed E-state index contributed by atoms with van der Waals surface area (Å²) in [6.07, 6.45) is 7.11. The number of nitrogens with one attached hydrogen (secondary N) is 1. The number of carbonyl (C=O) groups is 1. The van der Waals surface area contributed by atoms with Crippen LogP contribution in [0.2, 0.25) is 0 Å². The van der Waals surface area contributed by atoms with Gasteiger partial charge in [0.15, 0.2) is 6.61 Å². The number of nitrogens with zero attached hydrogens (tertiary/aromatic N) is 4. The Morgan fingerprint density at radius 1 is 1.13 bits per heavy atom. The number of ether oxygens (including phenoxy) is 1. The van der Waals surface area contributed by atoms with Crippen molar-refractivity contribution in [3.63, 3.8) is 0 Å². The fourth-order valence-corrected chi connectivity index (χ4v) is 5.85. The van der Waals surface area contributed by atoms with E-state index in [1.807, 2.05) is 37.5 Å². The third-order valence-electron chi connectivity index (χ3n) is 7.93. The molecule has 1 amide bonds. The molecule has 3 heterocycles. The summed E-state index contributed by atoms with van der Waals surface area (Å²) >= 11 is 0. The quantitative estimate of drug-likeness (QED) is 0.451. The highest BCUT2D eigenvalue weighted by Gasteiger charge is 2.24. The smallest absolute Gasteiger partial charge is 0.272 e. The molecule has 1 aliphatic heterocycles. The van der Waals surface area contributed by atoms with Gasteiger partial charge in [0.25, 0.3) is 6.43 Å². The van der Waals surface area contributed by atoms with E-state index in [0.29, 0.717) is 12.3 Å². The molecule has 38 heavy (non-hydrogen) atoms. The van der Waals surface area contributed by atoms with Crippen LogP contribution in [0.25, 0.3) is 10.9 Å². The van der Waals surface area contributed by atoms with Gasteiger partial charge >= 0.3 is 0 Å². The van der Waals surface area contributed by atoms with Gasteiger partial charge < -0.3 is 15.0 Å². The number of hydrogen-bond acceptors (Lipinski definition) is 5. The lowest BCUT2D eigenvalue weighted by Gasteiger charge is -2.30. The van der Waals surface area contributed by atoms with Crippen molar-refractivity contribution in [3.05, 3.63) is 53.3 Å². The number of amides is 1. The van der Waals surface area contributed by atoms with Crippen LogP contribution in [0.3, 0.4) is 0 Å². The number of alkyl halides is 2. The fraction of sp³-hybridized carbons (Fsp3) is 0.552. The minimum Gasteiger partial charge on any atom is -0.472 e. The van der Waals surface area contributed by atoms with E-state index in [0.717, 1.165) is 86.7 Å². The van der Waals surface area contributed by atoms with E-state index >= 15 is 0 Å². The van der Waals surface area contributed by atoms with Crippen molar-refractivity contribution in [1.82, 2.24) is 25.0 Å². The van der Waals surface area contributed by atoms with Gasteiger partial charge in [0, 0.05) is 55.9 Å². The lowest BCUT2D eigenvalue weighted by atomic mass is 9.84. The summed E-state index contributed by atoms with van der Waals surface area (Å²) in [5.41, 5.74) is 4.10. The van der Waals surface area contributed by atoms with Gasteiger partial charge in [0.1, 0.15) is 0 Å². The first-order chi connectivity index (χ1) is 18.4. The first kappa shape index (κ1) is 26.5. The maximum atomic E-state index is 12.8. The second-order valence-corrected chi connectivity index (χ2v) is 10.7. The average molecular weight is 526 g/mol. The Bertz CT molecular complexity index is 1240. The van der Waals surface area contributed by atoms with Crippen LogP contribution >= 0.6 is 0 Å².